The van der Waals surface area contributed by atoms with Gasteiger partial charge in [0.2, 0.25) is 0 Å². The molecular weight excluding hydrogens is 316 g/mol. The molecule has 0 aliphatic rings. The van der Waals surface area contributed by atoms with Crippen LogP contribution in [0.1, 0.15) is 11.1 Å². The predicted octanol–water partition coefficient (Wildman–Crippen LogP) is 4.05. The second-order valence-electron chi connectivity index (χ2n) is 3.83. The van der Waals surface area contributed by atoms with Crippen LogP contribution in [-0.2, 0) is 0 Å². The molecule has 6 heteroatoms. The van der Waals surface area contributed by atoms with E-state index in [-0.39, 0.29) is 16.0 Å². The first-order chi connectivity index (χ1) is 9.02. The van der Waals surface area contributed by atoms with Crippen molar-refractivity contribution in [2.24, 2.45) is 0 Å². The van der Waals surface area contributed by atoms with Crippen molar-refractivity contribution < 1.29 is 8.78 Å². The molecule has 0 amide bonds. The van der Waals surface area contributed by atoms with E-state index in [0.717, 1.165) is 12.1 Å². The average molecular weight is 324 g/mol. The molecule has 1 aromatic carbocycles. The maximum absolute atomic E-state index is 13.7. The van der Waals surface area contributed by atoms with Crippen LogP contribution in [0.3, 0.4) is 0 Å². The number of aryl methyl sites for hydroxylation is 1. The lowest BCUT2D eigenvalue weighted by Gasteiger charge is -2.10. The Bertz CT molecular complexity index is 680. The first kappa shape index (κ1) is 13.4. The molecule has 0 bridgehead atoms. The highest BCUT2D eigenvalue weighted by atomic mass is 79.9. The SMILES string of the molecule is Cc1ccnc(Nc2cc(F)c(Br)cc2F)c1C#N. The fraction of sp³-hybridized carbons (Fsp3) is 0.0769. The van der Waals surface area contributed by atoms with Crippen LogP contribution in [0.2, 0.25) is 0 Å². The predicted molar refractivity (Wildman–Crippen MR) is 71.0 cm³/mol. The topological polar surface area (TPSA) is 48.7 Å². The van der Waals surface area contributed by atoms with Gasteiger partial charge in [-0.25, -0.2) is 13.8 Å². The molecule has 3 nitrogen and oxygen atoms in total. The molecule has 0 aliphatic carbocycles. The first-order valence-corrected chi connectivity index (χ1v) is 6.09. The standard InChI is InChI=1S/C13H8BrF2N3/c1-7-2-3-18-13(8(7)6-17)19-12-5-10(15)9(14)4-11(12)16/h2-5H,1H3,(H,18,19). The van der Waals surface area contributed by atoms with Gasteiger partial charge in [-0.05, 0) is 40.5 Å². The van der Waals surface area contributed by atoms with Crippen LogP contribution < -0.4 is 5.32 Å². The molecule has 96 valence electrons. The second-order valence-corrected chi connectivity index (χ2v) is 4.69. The molecule has 0 atom stereocenters. The Morgan fingerprint density at radius 3 is 2.74 bits per heavy atom. The van der Waals surface area contributed by atoms with Gasteiger partial charge in [-0.1, -0.05) is 0 Å². The quantitative estimate of drug-likeness (QED) is 0.848. The summed E-state index contributed by atoms with van der Waals surface area (Å²) in [6, 6.07) is 5.67. The summed E-state index contributed by atoms with van der Waals surface area (Å²) in [6.07, 6.45) is 1.49. The van der Waals surface area contributed by atoms with Crippen LogP contribution in [0.4, 0.5) is 20.3 Å². The van der Waals surface area contributed by atoms with Crippen molar-refractivity contribution in [3.8, 4) is 6.07 Å². The number of benzene rings is 1. The van der Waals surface area contributed by atoms with Gasteiger partial charge in [-0.15, -0.1) is 0 Å². The third-order valence-electron chi connectivity index (χ3n) is 2.53. The van der Waals surface area contributed by atoms with Crippen LogP contribution in [0.5, 0.6) is 0 Å². The minimum atomic E-state index is -0.638. The van der Waals surface area contributed by atoms with Crippen molar-refractivity contribution in [1.82, 2.24) is 4.98 Å². The molecule has 0 saturated carbocycles. The van der Waals surface area contributed by atoms with Gasteiger partial charge in [0, 0.05) is 12.3 Å². The summed E-state index contributed by atoms with van der Waals surface area (Å²) < 4.78 is 27.1. The Morgan fingerprint density at radius 1 is 1.32 bits per heavy atom. The van der Waals surface area contributed by atoms with E-state index in [4.69, 9.17) is 5.26 Å². The Kier molecular flexibility index (Phi) is 3.76. The van der Waals surface area contributed by atoms with E-state index in [1.54, 1.807) is 13.0 Å². The normalized spacial score (nSPS) is 10.1. The molecule has 0 aliphatic heterocycles. The number of hydrogen-bond donors (Lipinski definition) is 1. The van der Waals surface area contributed by atoms with Crippen molar-refractivity contribution in [3.05, 3.63) is 51.6 Å². The summed E-state index contributed by atoms with van der Waals surface area (Å²) in [5.74, 6) is -1.04. The minimum absolute atomic E-state index is 0.0354. The van der Waals surface area contributed by atoms with E-state index in [1.807, 2.05) is 6.07 Å². The average Bonchev–Trinajstić information content (AvgIpc) is 2.36. The summed E-state index contributed by atoms with van der Waals surface area (Å²) in [6.45, 7) is 1.74. The van der Waals surface area contributed by atoms with Gasteiger partial charge in [0.05, 0.1) is 15.7 Å². The van der Waals surface area contributed by atoms with Crippen LogP contribution in [-0.4, -0.2) is 4.98 Å². The lowest BCUT2D eigenvalue weighted by atomic mass is 10.1. The number of aromatic nitrogens is 1. The molecule has 0 saturated heterocycles. The van der Waals surface area contributed by atoms with Gasteiger partial charge >= 0.3 is 0 Å². The summed E-state index contributed by atoms with van der Waals surface area (Å²) >= 11 is 2.89. The highest BCUT2D eigenvalue weighted by Crippen LogP contribution is 2.27. The monoisotopic (exact) mass is 323 g/mol. The minimum Gasteiger partial charge on any atom is -0.337 e. The number of rotatable bonds is 2. The molecular formula is C13H8BrF2N3. The Labute approximate surface area is 117 Å². The third kappa shape index (κ3) is 2.71. The van der Waals surface area contributed by atoms with E-state index in [2.05, 4.69) is 26.2 Å². The lowest BCUT2D eigenvalue weighted by Crippen LogP contribution is -2.01. The summed E-state index contributed by atoms with van der Waals surface area (Å²) in [7, 11) is 0. The van der Waals surface area contributed by atoms with Crippen molar-refractivity contribution in [1.29, 1.82) is 5.26 Å². The molecule has 19 heavy (non-hydrogen) atoms. The van der Waals surface area contributed by atoms with E-state index < -0.39 is 11.6 Å². The van der Waals surface area contributed by atoms with E-state index >= 15 is 0 Å². The van der Waals surface area contributed by atoms with Crippen LogP contribution in [0.15, 0.2) is 28.9 Å². The Hall–Kier alpha value is -2.00. The van der Waals surface area contributed by atoms with E-state index in [1.165, 1.54) is 6.20 Å². The molecule has 2 aromatic rings. The highest BCUT2D eigenvalue weighted by Gasteiger charge is 2.12. The zero-order chi connectivity index (χ0) is 14.0. The third-order valence-corrected chi connectivity index (χ3v) is 3.14. The van der Waals surface area contributed by atoms with Gasteiger partial charge in [-0.3, -0.25) is 0 Å². The van der Waals surface area contributed by atoms with Crippen molar-refractivity contribution >= 4 is 27.4 Å². The fourth-order valence-corrected chi connectivity index (χ4v) is 1.86. The summed E-state index contributed by atoms with van der Waals surface area (Å²) in [4.78, 5) is 3.96. The summed E-state index contributed by atoms with van der Waals surface area (Å²) in [5.41, 5.74) is 0.929. The maximum atomic E-state index is 13.7. The Morgan fingerprint density at radius 2 is 2.05 bits per heavy atom. The van der Waals surface area contributed by atoms with E-state index in [9.17, 15) is 8.78 Å². The fourth-order valence-electron chi connectivity index (χ4n) is 1.54. The van der Waals surface area contributed by atoms with Gasteiger partial charge in [0.25, 0.3) is 0 Å². The van der Waals surface area contributed by atoms with E-state index in [0.29, 0.717) is 11.1 Å². The zero-order valence-corrected chi connectivity index (χ0v) is 11.4. The van der Waals surface area contributed by atoms with Gasteiger partial charge in [0.15, 0.2) is 0 Å². The molecule has 0 fully saturated rings. The highest BCUT2D eigenvalue weighted by molar-refractivity contribution is 9.10. The van der Waals surface area contributed by atoms with Crippen LogP contribution in [0, 0.1) is 29.9 Å². The van der Waals surface area contributed by atoms with Gasteiger partial charge in [-0.2, -0.15) is 5.26 Å². The zero-order valence-electron chi connectivity index (χ0n) is 9.84. The van der Waals surface area contributed by atoms with Crippen molar-refractivity contribution in [2.45, 2.75) is 6.92 Å². The maximum Gasteiger partial charge on any atom is 0.148 e. The molecule has 0 radical (unpaired) electrons. The molecule has 1 heterocycles. The molecule has 0 unspecified atom stereocenters. The number of anilines is 2. The molecule has 2 rings (SSSR count). The lowest BCUT2D eigenvalue weighted by molar-refractivity contribution is 0.597. The van der Waals surface area contributed by atoms with Crippen LogP contribution in [0.25, 0.3) is 0 Å². The number of halogens is 3. The molecule has 1 N–H and O–H groups in total. The van der Waals surface area contributed by atoms with Gasteiger partial charge < -0.3 is 5.32 Å². The summed E-state index contributed by atoms with van der Waals surface area (Å²) in [5, 5.41) is 11.7. The number of nitriles is 1. The number of nitrogens with one attached hydrogen (secondary N) is 1. The van der Waals surface area contributed by atoms with Gasteiger partial charge in [0.1, 0.15) is 23.5 Å². The van der Waals surface area contributed by atoms with Crippen molar-refractivity contribution in [3.63, 3.8) is 0 Å². The first-order valence-electron chi connectivity index (χ1n) is 5.30. The number of nitrogens with zero attached hydrogens (tertiary/aromatic N) is 2. The largest absolute Gasteiger partial charge is 0.337 e. The Balaban J connectivity index is 2.45. The second kappa shape index (κ2) is 5.33. The smallest absolute Gasteiger partial charge is 0.148 e. The molecule has 0 spiro atoms. The number of pyridine rings is 1. The van der Waals surface area contributed by atoms with Crippen LogP contribution >= 0.6 is 15.9 Å². The molecule has 1 aromatic heterocycles. The van der Waals surface area contributed by atoms with Crippen molar-refractivity contribution in [2.75, 3.05) is 5.32 Å². The number of hydrogen-bond acceptors (Lipinski definition) is 3.